The standard InChI is InChI=1S/C11H14FNO/c1-3-13-10-6-14-11-5-9(12)7(2)4-8(10)11/h4-5,10,13H,3,6H2,1-2H3. The predicted octanol–water partition coefficient (Wildman–Crippen LogP) is 2.18. The molecule has 3 heteroatoms. The van der Waals surface area contributed by atoms with Crippen molar-refractivity contribution in [3.05, 3.63) is 29.1 Å². The highest BCUT2D eigenvalue weighted by Crippen LogP contribution is 2.33. The lowest BCUT2D eigenvalue weighted by Gasteiger charge is -2.09. The predicted molar refractivity (Wildman–Crippen MR) is 53.0 cm³/mol. The van der Waals surface area contributed by atoms with E-state index in [1.165, 1.54) is 6.07 Å². The zero-order valence-electron chi connectivity index (χ0n) is 8.43. The van der Waals surface area contributed by atoms with Crippen LogP contribution in [-0.2, 0) is 0 Å². The van der Waals surface area contributed by atoms with Gasteiger partial charge in [-0.1, -0.05) is 6.92 Å². The molecule has 1 heterocycles. The minimum absolute atomic E-state index is 0.194. The molecule has 1 unspecified atom stereocenters. The number of ether oxygens (including phenoxy) is 1. The molecule has 76 valence electrons. The van der Waals surface area contributed by atoms with Gasteiger partial charge in [0, 0.05) is 11.6 Å². The number of halogens is 1. The molecule has 1 aromatic rings. The van der Waals surface area contributed by atoms with E-state index in [1.807, 2.05) is 13.0 Å². The number of fused-ring (bicyclic) bond motifs is 1. The Bertz CT molecular complexity index is 351. The Morgan fingerprint density at radius 3 is 3.07 bits per heavy atom. The maximum atomic E-state index is 13.2. The number of nitrogens with one attached hydrogen (secondary N) is 1. The van der Waals surface area contributed by atoms with Gasteiger partial charge in [0.2, 0.25) is 0 Å². The van der Waals surface area contributed by atoms with Crippen molar-refractivity contribution in [3.8, 4) is 5.75 Å². The summed E-state index contributed by atoms with van der Waals surface area (Å²) in [5.41, 5.74) is 1.75. The normalized spacial score (nSPS) is 19.2. The molecule has 0 fully saturated rings. The van der Waals surface area contributed by atoms with Gasteiger partial charge in [-0.25, -0.2) is 4.39 Å². The minimum Gasteiger partial charge on any atom is -0.491 e. The van der Waals surface area contributed by atoms with Crippen LogP contribution in [0.15, 0.2) is 12.1 Å². The quantitative estimate of drug-likeness (QED) is 0.781. The summed E-state index contributed by atoms with van der Waals surface area (Å²) in [6.45, 7) is 5.32. The Morgan fingerprint density at radius 2 is 2.36 bits per heavy atom. The fourth-order valence-electron chi connectivity index (χ4n) is 1.76. The average Bonchev–Trinajstić information content (AvgIpc) is 2.51. The van der Waals surface area contributed by atoms with Gasteiger partial charge in [0.25, 0.3) is 0 Å². The van der Waals surface area contributed by atoms with Crippen molar-refractivity contribution in [2.45, 2.75) is 19.9 Å². The second-order valence-electron chi connectivity index (χ2n) is 3.56. The summed E-state index contributed by atoms with van der Waals surface area (Å²) in [5, 5.41) is 3.30. The molecule has 0 saturated carbocycles. The van der Waals surface area contributed by atoms with Gasteiger partial charge in [-0.15, -0.1) is 0 Å². The molecule has 1 atom stereocenters. The fourth-order valence-corrected chi connectivity index (χ4v) is 1.76. The van der Waals surface area contributed by atoms with Gasteiger partial charge in [-0.05, 0) is 25.1 Å². The molecule has 0 radical (unpaired) electrons. The molecular weight excluding hydrogens is 181 g/mol. The van der Waals surface area contributed by atoms with Crippen LogP contribution in [0.1, 0.15) is 24.1 Å². The zero-order valence-corrected chi connectivity index (χ0v) is 8.43. The van der Waals surface area contributed by atoms with Crippen molar-refractivity contribution in [1.29, 1.82) is 0 Å². The number of benzene rings is 1. The molecule has 0 saturated heterocycles. The van der Waals surface area contributed by atoms with E-state index in [-0.39, 0.29) is 11.9 Å². The molecule has 0 amide bonds. The average molecular weight is 195 g/mol. The molecule has 14 heavy (non-hydrogen) atoms. The first kappa shape index (κ1) is 9.46. The SMILES string of the molecule is CCNC1COc2cc(F)c(C)cc21. The zero-order chi connectivity index (χ0) is 10.1. The van der Waals surface area contributed by atoms with E-state index in [9.17, 15) is 4.39 Å². The lowest BCUT2D eigenvalue weighted by Crippen LogP contribution is -2.21. The van der Waals surface area contributed by atoms with Gasteiger partial charge in [-0.2, -0.15) is 0 Å². The van der Waals surface area contributed by atoms with Crippen molar-refractivity contribution < 1.29 is 9.13 Å². The van der Waals surface area contributed by atoms with Gasteiger partial charge in [0.05, 0.1) is 6.04 Å². The Morgan fingerprint density at radius 1 is 1.57 bits per heavy atom. The van der Waals surface area contributed by atoms with Crippen LogP contribution in [0.2, 0.25) is 0 Å². The van der Waals surface area contributed by atoms with Crippen LogP contribution < -0.4 is 10.1 Å². The van der Waals surface area contributed by atoms with Gasteiger partial charge in [-0.3, -0.25) is 0 Å². The first-order chi connectivity index (χ1) is 6.72. The Kier molecular flexibility index (Phi) is 2.42. The lowest BCUT2D eigenvalue weighted by atomic mass is 10.1. The topological polar surface area (TPSA) is 21.3 Å². The molecule has 1 N–H and O–H groups in total. The molecule has 1 aliphatic rings. The van der Waals surface area contributed by atoms with Gasteiger partial charge >= 0.3 is 0 Å². The summed E-state index contributed by atoms with van der Waals surface area (Å²) in [5.74, 6) is 0.486. The van der Waals surface area contributed by atoms with E-state index in [4.69, 9.17) is 4.74 Å². The van der Waals surface area contributed by atoms with E-state index in [2.05, 4.69) is 5.32 Å². The molecule has 0 aliphatic carbocycles. The van der Waals surface area contributed by atoms with Crippen LogP contribution in [0.5, 0.6) is 5.75 Å². The van der Waals surface area contributed by atoms with E-state index >= 15 is 0 Å². The number of aryl methyl sites for hydroxylation is 1. The fraction of sp³-hybridized carbons (Fsp3) is 0.455. The van der Waals surface area contributed by atoms with Crippen molar-refractivity contribution in [2.24, 2.45) is 0 Å². The molecule has 2 rings (SSSR count). The van der Waals surface area contributed by atoms with Crippen LogP contribution in [0, 0.1) is 12.7 Å². The Labute approximate surface area is 83.1 Å². The van der Waals surface area contributed by atoms with Crippen molar-refractivity contribution in [1.82, 2.24) is 5.32 Å². The van der Waals surface area contributed by atoms with Crippen LogP contribution in [-0.4, -0.2) is 13.2 Å². The molecular formula is C11H14FNO. The molecule has 2 nitrogen and oxygen atoms in total. The van der Waals surface area contributed by atoms with Crippen molar-refractivity contribution in [3.63, 3.8) is 0 Å². The summed E-state index contributed by atoms with van der Waals surface area (Å²) in [6, 6.07) is 3.56. The molecule has 1 aliphatic heterocycles. The van der Waals surface area contributed by atoms with Crippen molar-refractivity contribution in [2.75, 3.05) is 13.2 Å². The van der Waals surface area contributed by atoms with E-state index in [1.54, 1.807) is 6.92 Å². The summed E-state index contributed by atoms with van der Waals surface area (Å²) in [4.78, 5) is 0. The summed E-state index contributed by atoms with van der Waals surface area (Å²) in [7, 11) is 0. The maximum absolute atomic E-state index is 13.2. The largest absolute Gasteiger partial charge is 0.491 e. The van der Waals surface area contributed by atoms with Gasteiger partial charge in [0.1, 0.15) is 18.2 Å². The van der Waals surface area contributed by atoms with Crippen molar-refractivity contribution >= 4 is 0 Å². The number of likely N-dealkylation sites (N-methyl/N-ethyl adjacent to an activating group) is 1. The molecule has 1 aromatic carbocycles. The first-order valence-electron chi connectivity index (χ1n) is 4.88. The molecule has 0 aromatic heterocycles. The van der Waals surface area contributed by atoms with Crippen LogP contribution >= 0.6 is 0 Å². The van der Waals surface area contributed by atoms with E-state index in [0.29, 0.717) is 17.9 Å². The van der Waals surface area contributed by atoms with E-state index in [0.717, 1.165) is 12.1 Å². The molecule has 0 bridgehead atoms. The van der Waals surface area contributed by atoms with Crippen LogP contribution in [0.3, 0.4) is 0 Å². The summed E-state index contributed by atoms with van der Waals surface area (Å²) < 4.78 is 18.6. The smallest absolute Gasteiger partial charge is 0.129 e. The van der Waals surface area contributed by atoms with Crippen LogP contribution in [0.4, 0.5) is 4.39 Å². The Balaban J connectivity index is 2.35. The number of rotatable bonds is 2. The minimum atomic E-state index is -0.194. The maximum Gasteiger partial charge on any atom is 0.129 e. The first-order valence-corrected chi connectivity index (χ1v) is 4.88. The highest BCUT2D eigenvalue weighted by Gasteiger charge is 2.24. The second kappa shape index (κ2) is 3.58. The third-order valence-corrected chi connectivity index (χ3v) is 2.52. The summed E-state index contributed by atoms with van der Waals surface area (Å²) in [6.07, 6.45) is 0. The van der Waals surface area contributed by atoms with Gasteiger partial charge in [0.15, 0.2) is 0 Å². The monoisotopic (exact) mass is 195 g/mol. The molecule has 0 spiro atoms. The van der Waals surface area contributed by atoms with Crippen LogP contribution in [0.25, 0.3) is 0 Å². The second-order valence-corrected chi connectivity index (χ2v) is 3.56. The highest BCUT2D eigenvalue weighted by atomic mass is 19.1. The third kappa shape index (κ3) is 1.48. The third-order valence-electron chi connectivity index (χ3n) is 2.52. The number of hydrogen-bond acceptors (Lipinski definition) is 2. The Hall–Kier alpha value is -1.09. The van der Waals surface area contributed by atoms with Gasteiger partial charge < -0.3 is 10.1 Å². The van der Waals surface area contributed by atoms with E-state index < -0.39 is 0 Å². The summed E-state index contributed by atoms with van der Waals surface area (Å²) >= 11 is 0. The lowest BCUT2D eigenvalue weighted by molar-refractivity contribution is 0.312. The number of hydrogen-bond donors (Lipinski definition) is 1. The highest BCUT2D eigenvalue weighted by molar-refractivity contribution is 5.42.